The fraction of sp³-hybridized carbons (Fsp3) is 0.464. The molecule has 1 amide bonds. The molecule has 3 atom stereocenters. The van der Waals surface area contributed by atoms with Crippen LogP contribution in [0.5, 0.6) is 0 Å². The molecule has 11 nitrogen and oxygen atoms in total. The number of carbonyl (C=O) groups is 2. The Morgan fingerprint density at radius 2 is 1.70 bits per heavy atom. The van der Waals surface area contributed by atoms with Crippen molar-refractivity contribution in [2.75, 3.05) is 11.1 Å². The third-order valence-corrected chi connectivity index (χ3v) is 7.75. The van der Waals surface area contributed by atoms with E-state index >= 15 is 0 Å². The number of amides is 1. The zero-order valence-corrected chi connectivity index (χ0v) is 23.3. The number of carbonyl (C=O) groups excluding carboxylic acids is 1. The third-order valence-electron chi connectivity index (χ3n) is 6.61. The molecule has 1 aliphatic heterocycles. The van der Waals surface area contributed by atoms with Crippen molar-refractivity contribution in [1.82, 2.24) is 20.2 Å². The number of aryl methyl sites for hydroxylation is 1. The van der Waals surface area contributed by atoms with Gasteiger partial charge in [-0.15, -0.1) is 5.10 Å². The lowest BCUT2D eigenvalue weighted by molar-refractivity contribution is -0.245. The molecular formula is C28H35N5O6S. The van der Waals surface area contributed by atoms with Gasteiger partial charge >= 0.3 is 5.97 Å². The first-order chi connectivity index (χ1) is 19.4. The average Bonchev–Trinajstić information content (AvgIpc) is 3.38. The summed E-state index contributed by atoms with van der Waals surface area (Å²) < 4.78 is 14.3. The lowest BCUT2D eigenvalue weighted by Gasteiger charge is -2.36. The van der Waals surface area contributed by atoms with Crippen molar-refractivity contribution in [3.8, 4) is 0 Å². The number of nitrogens with zero attached hydrogens (tertiary/aromatic N) is 4. The molecule has 4 rings (SSSR count). The molecule has 0 unspecified atom stereocenters. The fourth-order valence-corrected chi connectivity index (χ4v) is 5.26. The molecule has 0 spiro atoms. The van der Waals surface area contributed by atoms with Gasteiger partial charge in [0.15, 0.2) is 6.29 Å². The Balaban J connectivity index is 1.35. The highest BCUT2D eigenvalue weighted by molar-refractivity contribution is 7.99. The Bertz CT molecular complexity index is 1240. The molecule has 0 aliphatic carbocycles. The molecule has 2 heterocycles. The molecular weight excluding hydrogens is 534 g/mol. The summed E-state index contributed by atoms with van der Waals surface area (Å²) in [6.45, 7) is -0.0157. The highest BCUT2D eigenvalue weighted by Crippen LogP contribution is 2.39. The van der Waals surface area contributed by atoms with E-state index < -0.39 is 12.3 Å². The van der Waals surface area contributed by atoms with Crippen molar-refractivity contribution < 1.29 is 29.3 Å². The number of carboxylic acids is 1. The topological polar surface area (TPSA) is 149 Å². The smallest absolute Gasteiger partial charge is 0.303 e. The van der Waals surface area contributed by atoms with Crippen molar-refractivity contribution in [2.24, 2.45) is 7.05 Å². The number of aromatic nitrogens is 4. The van der Waals surface area contributed by atoms with Crippen LogP contribution in [-0.2, 0) is 32.7 Å². The van der Waals surface area contributed by atoms with Crippen molar-refractivity contribution in [1.29, 1.82) is 0 Å². The van der Waals surface area contributed by atoms with Crippen LogP contribution in [-0.4, -0.2) is 54.2 Å². The summed E-state index contributed by atoms with van der Waals surface area (Å²) in [5.41, 5.74) is 3.37. The minimum Gasteiger partial charge on any atom is -0.481 e. The second-order valence-corrected chi connectivity index (χ2v) is 10.7. The van der Waals surface area contributed by atoms with E-state index in [9.17, 15) is 14.7 Å². The second kappa shape index (κ2) is 14.9. The number of carboxylic acid groups (broad SMARTS) is 1. The van der Waals surface area contributed by atoms with Crippen LogP contribution in [0.3, 0.4) is 0 Å². The summed E-state index contributed by atoms with van der Waals surface area (Å²) in [5.74, 6) is -0.215. The minimum atomic E-state index is -0.786. The number of hydrogen-bond acceptors (Lipinski definition) is 9. The molecule has 1 saturated heterocycles. The average molecular weight is 570 g/mol. The van der Waals surface area contributed by atoms with Gasteiger partial charge in [-0.05, 0) is 46.5 Å². The largest absolute Gasteiger partial charge is 0.481 e. The number of tetrazole rings is 1. The first-order valence-electron chi connectivity index (χ1n) is 13.4. The van der Waals surface area contributed by atoms with Gasteiger partial charge in [-0.3, -0.25) is 9.59 Å². The first-order valence-corrected chi connectivity index (χ1v) is 14.4. The molecule has 40 heavy (non-hydrogen) atoms. The highest BCUT2D eigenvalue weighted by Gasteiger charge is 2.32. The lowest BCUT2D eigenvalue weighted by Crippen LogP contribution is -2.31. The van der Waals surface area contributed by atoms with Crippen molar-refractivity contribution in [2.45, 2.75) is 75.2 Å². The van der Waals surface area contributed by atoms with E-state index in [0.29, 0.717) is 35.9 Å². The van der Waals surface area contributed by atoms with E-state index in [4.69, 9.17) is 14.6 Å². The Hall–Kier alpha value is -3.32. The molecule has 3 N–H and O–H groups in total. The van der Waals surface area contributed by atoms with Gasteiger partial charge in [0.2, 0.25) is 11.1 Å². The molecule has 1 aromatic heterocycles. The quantitative estimate of drug-likeness (QED) is 0.188. The summed E-state index contributed by atoms with van der Waals surface area (Å²) in [6, 6.07) is 15.2. The van der Waals surface area contributed by atoms with Crippen LogP contribution in [0.1, 0.15) is 74.0 Å². The molecule has 1 aliphatic rings. The Kier molecular flexibility index (Phi) is 11.0. The number of unbranched alkanes of at least 4 members (excludes halogenated alkanes) is 3. The number of ether oxygens (including phenoxy) is 2. The van der Waals surface area contributed by atoms with E-state index in [-0.39, 0.29) is 31.1 Å². The number of aliphatic carboxylic acids is 1. The molecule has 214 valence electrons. The number of hydrogen-bond donors (Lipinski definition) is 3. The summed E-state index contributed by atoms with van der Waals surface area (Å²) >= 11 is 1.52. The molecule has 0 saturated carbocycles. The van der Waals surface area contributed by atoms with Gasteiger partial charge in [-0.1, -0.05) is 61.0 Å². The standard InChI is InChI=1S/C28H35N5O6S/c1-33-28(30-31-32-33)40-18-23-16-24(20-10-8-19(17-34)9-11-20)39-27(38-23)21-12-14-22(15-13-21)29-25(35)6-4-2-3-5-7-26(36)37/h8-15,23-24,27,34H,2-7,16-18H2,1H3,(H,29,35)(H,36,37)/t23-,24+,27+/m1/s1. The maximum atomic E-state index is 12.3. The summed E-state index contributed by atoms with van der Waals surface area (Å²) in [7, 11) is 1.80. The van der Waals surface area contributed by atoms with Crippen LogP contribution < -0.4 is 5.32 Å². The second-order valence-electron chi connectivity index (χ2n) is 9.72. The van der Waals surface area contributed by atoms with Crippen molar-refractivity contribution in [3.05, 3.63) is 65.2 Å². The zero-order chi connectivity index (χ0) is 28.3. The SMILES string of the molecule is Cn1nnnc1SC[C@H]1C[C@@H](c2ccc(CO)cc2)O[C@@H](c2ccc(NC(=O)CCCCCCC(=O)O)cc2)O1. The van der Waals surface area contributed by atoms with E-state index in [1.807, 2.05) is 48.5 Å². The predicted molar refractivity (Wildman–Crippen MR) is 148 cm³/mol. The van der Waals surface area contributed by atoms with Gasteiger partial charge < -0.3 is 25.0 Å². The summed E-state index contributed by atoms with van der Waals surface area (Å²) in [6.07, 6.45) is 3.26. The normalized spacial score (nSPS) is 18.9. The Labute approximate surface area is 237 Å². The van der Waals surface area contributed by atoms with Gasteiger partial charge in [0, 0.05) is 43.3 Å². The molecule has 0 radical (unpaired) electrons. The van der Waals surface area contributed by atoms with Gasteiger partial charge in [0.1, 0.15) is 0 Å². The van der Waals surface area contributed by atoms with Crippen LogP contribution in [0.25, 0.3) is 0 Å². The maximum absolute atomic E-state index is 12.3. The summed E-state index contributed by atoms with van der Waals surface area (Å²) in [4.78, 5) is 22.9. The van der Waals surface area contributed by atoms with Crippen molar-refractivity contribution >= 4 is 29.3 Å². The van der Waals surface area contributed by atoms with Crippen LogP contribution in [0.4, 0.5) is 5.69 Å². The lowest BCUT2D eigenvalue weighted by atomic mass is 10.0. The van der Waals surface area contributed by atoms with Crippen LogP contribution in [0, 0.1) is 0 Å². The van der Waals surface area contributed by atoms with Gasteiger partial charge in [0.25, 0.3) is 0 Å². The Morgan fingerprint density at radius 3 is 2.35 bits per heavy atom. The predicted octanol–water partition coefficient (Wildman–Crippen LogP) is 4.40. The number of aliphatic hydroxyl groups excluding tert-OH is 1. The van der Waals surface area contributed by atoms with E-state index in [2.05, 4.69) is 20.8 Å². The number of rotatable bonds is 14. The van der Waals surface area contributed by atoms with Gasteiger partial charge in [-0.25, -0.2) is 4.68 Å². The van der Waals surface area contributed by atoms with Gasteiger partial charge in [0.05, 0.1) is 18.8 Å². The monoisotopic (exact) mass is 569 g/mol. The van der Waals surface area contributed by atoms with Gasteiger partial charge in [-0.2, -0.15) is 0 Å². The number of nitrogens with one attached hydrogen (secondary N) is 1. The van der Waals surface area contributed by atoms with Crippen LogP contribution in [0.15, 0.2) is 53.7 Å². The first kappa shape index (κ1) is 29.7. The van der Waals surface area contributed by atoms with E-state index in [1.165, 1.54) is 11.8 Å². The molecule has 1 fully saturated rings. The highest BCUT2D eigenvalue weighted by atomic mass is 32.2. The Morgan fingerprint density at radius 1 is 1.00 bits per heavy atom. The minimum absolute atomic E-state index is 0.0157. The van der Waals surface area contributed by atoms with E-state index in [0.717, 1.165) is 36.0 Å². The number of aliphatic hydroxyl groups is 1. The summed E-state index contributed by atoms with van der Waals surface area (Å²) in [5, 5.41) is 33.3. The maximum Gasteiger partial charge on any atom is 0.303 e. The molecule has 12 heteroatoms. The van der Waals surface area contributed by atoms with Crippen molar-refractivity contribution in [3.63, 3.8) is 0 Å². The number of anilines is 1. The molecule has 0 bridgehead atoms. The van der Waals surface area contributed by atoms with E-state index in [1.54, 1.807) is 11.7 Å². The fourth-order valence-electron chi connectivity index (χ4n) is 4.40. The molecule has 2 aromatic carbocycles. The van der Waals surface area contributed by atoms with Crippen LogP contribution in [0.2, 0.25) is 0 Å². The number of thioether (sulfide) groups is 1. The number of benzene rings is 2. The van der Waals surface area contributed by atoms with Crippen LogP contribution >= 0.6 is 11.8 Å². The zero-order valence-electron chi connectivity index (χ0n) is 22.4. The molecule has 3 aromatic rings. The third kappa shape index (κ3) is 8.85.